The lowest BCUT2D eigenvalue weighted by Crippen LogP contribution is -1.93. The average Bonchev–Trinajstić information content (AvgIpc) is 2.13. The maximum atomic E-state index is 2.44. The van der Waals surface area contributed by atoms with Crippen LogP contribution in [0.5, 0.6) is 0 Å². The third kappa shape index (κ3) is 9.01. The summed E-state index contributed by atoms with van der Waals surface area (Å²) in [4.78, 5) is 0. The van der Waals surface area contributed by atoms with Gasteiger partial charge in [0.2, 0.25) is 0 Å². The quantitative estimate of drug-likeness (QED) is 0.366. The van der Waals surface area contributed by atoms with E-state index in [2.05, 4.69) is 38.4 Å². The molecule has 0 aromatic carbocycles. The fourth-order valence-electron chi connectivity index (χ4n) is 1.36. The van der Waals surface area contributed by atoms with E-state index in [-0.39, 0.29) is 0 Å². The van der Waals surface area contributed by atoms with E-state index in [9.17, 15) is 0 Å². The molecule has 0 aromatic rings. The molecule has 0 aliphatic rings. The van der Waals surface area contributed by atoms with Crippen molar-refractivity contribution >= 4 is 31.5 Å². The summed E-state index contributed by atoms with van der Waals surface area (Å²) in [5, 5.41) is 4.89. The van der Waals surface area contributed by atoms with Crippen molar-refractivity contribution in [2.24, 2.45) is 11.8 Å². The lowest BCUT2D eigenvalue weighted by Gasteiger charge is -2.02. The van der Waals surface area contributed by atoms with Gasteiger partial charge in [-0.3, -0.25) is 0 Å². The highest BCUT2D eigenvalue weighted by Crippen LogP contribution is 2.11. The van der Waals surface area contributed by atoms with Gasteiger partial charge in [0.05, 0.1) is 0 Å². The second kappa shape index (κ2) is 9.97. The summed E-state index contributed by atoms with van der Waals surface area (Å²) in [6.07, 6.45) is 5.29. The van der Waals surface area contributed by atoms with Crippen LogP contribution in [-0.4, -0.2) is 10.7 Å². The van der Waals surface area contributed by atoms with Crippen LogP contribution in [0.3, 0.4) is 0 Å². The first-order valence-corrected chi connectivity index (χ1v) is 8.40. The highest BCUT2D eigenvalue weighted by atomic mass is 33.1. The molecule has 0 nitrogen and oxygen atoms in total. The largest absolute Gasteiger partial charge is 0.156 e. The van der Waals surface area contributed by atoms with E-state index in [0.717, 1.165) is 11.8 Å². The zero-order valence-corrected chi connectivity index (χ0v) is 11.8. The number of hydrogen-bond acceptors (Lipinski definition) is 0. The van der Waals surface area contributed by atoms with Gasteiger partial charge in [-0.15, -0.1) is 0 Å². The Morgan fingerprint density at radius 1 is 0.857 bits per heavy atom. The number of thiol groups is 2. The number of rotatable bonds is 7. The van der Waals surface area contributed by atoms with Crippen LogP contribution < -0.4 is 0 Å². The van der Waals surface area contributed by atoms with Gasteiger partial charge < -0.3 is 0 Å². The van der Waals surface area contributed by atoms with Crippen LogP contribution in [0.25, 0.3) is 0 Å². The molecular weight excluding hydrogens is 208 g/mol. The van der Waals surface area contributed by atoms with Crippen molar-refractivity contribution in [1.82, 2.24) is 0 Å². The van der Waals surface area contributed by atoms with Crippen molar-refractivity contribution in [3.63, 3.8) is 0 Å². The lowest BCUT2D eigenvalue weighted by atomic mass is 10.1. The molecule has 0 aliphatic carbocycles. The average molecular weight is 234 g/mol. The predicted octanol–water partition coefficient (Wildman–Crippen LogP) is 4.31. The standard InChI is InChI=1S/C12H26S2/c1-5-7-11(3)9-13-14-10-12(4)8-6-2/h9-14H,5-8H2,1-4H3. The predicted molar refractivity (Wildman–Crippen MR) is 78.2 cm³/mol. The van der Waals surface area contributed by atoms with Gasteiger partial charge >= 0.3 is 0 Å². The zero-order chi connectivity index (χ0) is 10.8. The monoisotopic (exact) mass is 234 g/mol. The van der Waals surface area contributed by atoms with Crippen LogP contribution >= 0.6 is 20.8 Å². The molecule has 0 bridgehead atoms. The minimum Gasteiger partial charge on any atom is -0.156 e. The van der Waals surface area contributed by atoms with Crippen LogP contribution in [0, 0.1) is 11.8 Å². The molecule has 0 amide bonds. The maximum absolute atomic E-state index is 2.44. The van der Waals surface area contributed by atoms with Crippen molar-refractivity contribution in [2.75, 3.05) is 0 Å². The summed E-state index contributed by atoms with van der Waals surface area (Å²) in [5.41, 5.74) is 0. The minimum atomic E-state index is 0.795. The molecule has 0 fully saturated rings. The van der Waals surface area contributed by atoms with Crippen molar-refractivity contribution in [3.05, 3.63) is 0 Å². The van der Waals surface area contributed by atoms with Gasteiger partial charge in [-0.25, -0.2) is 0 Å². The second-order valence-corrected chi connectivity index (χ2v) is 6.50. The van der Waals surface area contributed by atoms with E-state index < -0.39 is 0 Å². The molecule has 2 atom stereocenters. The Morgan fingerprint density at radius 3 is 1.50 bits per heavy atom. The van der Waals surface area contributed by atoms with Gasteiger partial charge in [0.1, 0.15) is 0 Å². The molecule has 2 unspecified atom stereocenters. The molecule has 0 aromatic heterocycles. The summed E-state index contributed by atoms with van der Waals surface area (Å²) in [6, 6.07) is 0. The summed E-state index contributed by atoms with van der Waals surface area (Å²) < 4.78 is 0. The lowest BCUT2D eigenvalue weighted by molar-refractivity contribution is 0.683. The summed E-state index contributed by atoms with van der Waals surface area (Å²) in [7, 11) is 2.96. The molecule has 0 spiro atoms. The Bertz CT molecular complexity index is 153. The van der Waals surface area contributed by atoms with E-state index in [4.69, 9.17) is 0 Å². The molecule has 0 saturated heterocycles. The smallest absolute Gasteiger partial charge is 0.0202 e. The van der Waals surface area contributed by atoms with Gasteiger partial charge in [0, 0.05) is 0 Å². The molecule has 86 valence electrons. The molecular formula is C12H26S2. The molecule has 0 rings (SSSR count). The Hall–Kier alpha value is 0.440. The second-order valence-electron chi connectivity index (χ2n) is 4.06. The molecule has 0 N–H and O–H groups in total. The van der Waals surface area contributed by atoms with E-state index >= 15 is 0 Å². The molecule has 2 heteroatoms. The molecule has 0 aliphatic heterocycles. The Balaban J connectivity index is 3.68. The fraction of sp³-hybridized carbons (Fsp3) is 0.833. The first-order chi connectivity index (χ1) is 6.70. The van der Waals surface area contributed by atoms with Crippen molar-refractivity contribution in [3.8, 4) is 0 Å². The summed E-state index contributed by atoms with van der Waals surface area (Å²) in [5.74, 6) is 1.59. The van der Waals surface area contributed by atoms with Gasteiger partial charge in [0.25, 0.3) is 0 Å². The van der Waals surface area contributed by atoms with Crippen LogP contribution in [0.4, 0.5) is 0 Å². The maximum Gasteiger partial charge on any atom is -0.0202 e. The van der Waals surface area contributed by atoms with E-state index in [1.165, 1.54) is 46.4 Å². The fourth-order valence-corrected chi connectivity index (χ4v) is 4.10. The topological polar surface area (TPSA) is 0 Å². The van der Waals surface area contributed by atoms with Crippen LogP contribution in [0.1, 0.15) is 53.4 Å². The Morgan fingerprint density at radius 2 is 1.21 bits per heavy atom. The van der Waals surface area contributed by atoms with Crippen LogP contribution in [0.2, 0.25) is 0 Å². The molecule has 14 heavy (non-hydrogen) atoms. The first kappa shape index (κ1) is 14.4. The highest BCUT2D eigenvalue weighted by Gasteiger charge is 1.93. The molecule has 0 heterocycles. The third-order valence-electron chi connectivity index (χ3n) is 2.20. The van der Waals surface area contributed by atoms with Gasteiger partial charge in [-0.2, -0.15) is 20.8 Å². The van der Waals surface area contributed by atoms with Crippen molar-refractivity contribution in [2.45, 2.75) is 53.4 Å². The summed E-state index contributed by atoms with van der Waals surface area (Å²) in [6.45, 7) is 9.16. The normalized spacial score (nSPS) is 17.7. The van der Waals surface area contributed by atoms with E-state index in [0.29, 0.717) is 0 Å². The van der Waals surface area contributed by atoms with Crippen LogP contribution in [-0.2, 0) is 0 Å². The minimum absolute atomic E-state index is 0.795. The Kier molecular flexibility index (Phi) is 10.3. The Labute approximate surface area is 96.8 Å². The first-order valence-electron chi connectivity index (χ1n) is 5.77. The zero-order valence-electron chi connectivity index (χ0n) is 10.0. The summed E-state index contributed by atoms with van der Waals surface area (Å²) >= 11 is 0. The van der Waals surface area contributed by atoms with E-state index in [1.54, 1.807) is 0 Å². The van der Waals surface area contributed by atoms with Gasteiger partial charge in [-0.1, -0.05) is 51.3 Å². The van der Waals surface area contributed by atoms with Crippen LogP contribution in [0.15, 0.2) is 0 Å². The number of hydrogen-bond donors (Lipinski definition) is 2. The third-order valence-corrected chi connectivity index (χ3v) is 4.81. The molecule has 0 radical (unpaired) electrons. The van der Waals surface area contributed by atoms with Crippen molar-refractivity contribution in [1.29, 1.82) is 0 Å². The van der Waals surface area contributed by atoms with Crippen molar-refractivity contribution < 1.29 is 0 Å². The SMILES string of the molecule is CCCC(C)C=[SH][SH]=CC(C)CCC. The van der Waals surface area contributed by atoms with Gasteiger partial charge in [-0.05, 0) is 24.7 Å². The highest BCUT2D eigenvalue weighted by molar-refractivity contribution is 8.73. The van der Waals surface area contributed by atoms with E-state index in [1.807, 2.05) is 0 Å². The van der Waals surface area contributed by atoms with Gasteiger partial charge in [0.15, 0.2) is 0 Å². The molecule has 0 saturated carbocycles.